The van der Waals surface area contributed by atoms with Crippen LogP contribution in [0.4, 0.5) is 0 Å². The van der Waals surface area contributed by atoms with E-state index in [9.17, 15) is 23.1 Å². The number of esters is 1. The summed E-state index contributed by atoms with van der Waals surface area (Å²) in [6.07, 6.45) is 2.20. The third kappa shape index (κ3) is 3.73. The fourth-order valence-corrected chi connectivity index (χ4v) is 5.48. The number of piperidine rings is 1. The summed E-state index contributed by atoms with van der Waals surface area (Å²) in [6, 6.07) is 0. The molecule has 2 aliphatic heterocycles. The maximum absolute atomic E-state index is 12.9. The van der Waals surface area contributed by atoms with Gasteiger partial charge in [0.1, 0.15) is 0 Å². The standard InChI is InChI=1S/C15H25NO7S/c1-22-13(17)3-2-12-4-8-16(9-5-12)24(20,21)15(14(18)19)6-10-23-11-7-15/h12H,2-11H2,1H3,(H,18,19). The van der Waals surface area contributed by atoms with E-state index in [0.717, 1.165) is 0 Å². The van der Waals surface area contributed by atoms with Crippen molar-refractivity contribution >= 4 is 22.0 Å². The SMILES string of the molecule is COC(=O)CCC1CCN(S(=O)(=O)C2(C(=O)O)CCOCC2)CC1. The Morgan fingerprint density at radius 2 is 1.83 bits per heavy atom. The van der Waals surface area contributed by atoms with Crippen LogP contribution < -0.4 is 0 Å². The summed E-state index contributed by atoms with van der Waals surface area (Å²) in [5.74, 6) is -1.30. The lowest BCUT2D eigenvalue weighted by molar-refractivity contribution is -0.143. The van der Waals surface area contributed by atoms with Gasteiger partial charge in [-0.25, -0.2) is 12.7 Å². The lowest BCUT2D eigenvalue weighted by atomic mass is 9.93. The first kappa shape index (κ1) is 19.1. The number of nitrogens with zero attached hydrogens (tertiary/aromatic N) is 1. The lowest BCUT2D eigenvalue weighted by Gasteiger charge is -2.39. The highest BCUT2D eigenvalue weighted by Crippen LogP contribution is 2.35. The second-order valence-electron chi connectivity index (χ2n) is 6.37. The van der Waals surface area contributed by atoms with Crippen LogP contribution in [0.2, 0.25) is 0 Å². The monoisotopic (exact) mass is 363 g/mol. The summed E-state index contributed by atoms with van der Waals surface area (Å²) in [5.41, 5.74) is 0. The number of rotatable bonds is 6. The van der Waals surface area contributed by atoms with Crippen molar-refractivity contribution < 1.29 is 32.6 Å². The van der Waals surface area contributed by atoms with Gasteiger partial charge in [0.2, 0.25) is 10.0 Å². The molecule has 2 fully saturated rings. The number of carboxylic acid groups (broad SMARTS) is 1. The normalized spacial score (nSPS) is 22.9. The van der Waals surface area contributed by atoms with Crippen LogP contribution in [-0.2, 0) is 29.1 Å². The van der Waals surface area contributed by atoms with Crippen LogP contribution >= 0.6 is 0 Å². The molecule has 2 heterocycles. The van der Waals surface area contributed by atoms with Gasteiger partial charge in [0.15, 0.2) is 4.75 Å². The van der Waals surface area contributed by atoms with E-state index in [4.69, 9.17) is 4.74 Å². The highest BCUT2D eigenvalue weighted by atomic mass is 32.2. The Hall–Kier alpha value is -1.19. The molecule has 24 heavy (non-hydrogen) atoms. The van der Waals surface area contributed by atoms with E-state index >= 15 is 0 Å². The van der Waals surface area contributed by atoms with Gasteiger partial charge in [-0.3, -0.25) is 9.59 Å². The second kappa shape index (κ2) is 7.79. The van der Waals surface area contributed by atoms with Gasteiger partial charge in [0.05, 0.1) is 7.11 Å². The van der Waals surface area contributed by atoms with Crippen LogP contribution in [0, 0.1) is 5.92 Å². The van der Waals surface area contributed by atoms with Crippen molar-refractivity contribution in [2.24, 2.45) is 5.92 Å². The molecular formula is C15H25NO7S. The van der Waals surface area contributed by atoms with E-state index in [0.29, 0.717) is 38.8 Å². The van der Waals surface area contributed by atoms with Gasteiger partial charge in [-0.2, -0.15) is 0 Å². The molecule has 2 aliphatic rings. The maximum Gasteiger partial charge on any atom is 0.326 e. The Bertz CT molecular complexity index is 560. The van der Waals surface area contributed by atoms with E-state index in [1.807, 2.05) is 0 Å². The predicted molar refractivity (Wildman–Crippen MR) is 84.9 cm³/mol. The third-order valence-corrected chi connectivity index (χ3v) is 7.70. The van der Waals surface area contributed by atoms with Crippen LogP contribution in [-0.4, -0.2) is 67.9 Å². The first-order valence-electron chi connectivity index (χ1n) is 8.21. The molecule has 2 saturated heterocycles. The number of carbonyl (C=O) groups is 2. The van der Waals surface area contributed by atoms with E-state index in [2.05, 4.69) is 4.74 Å². The van der Waals surface area contributed by atoms with Gasteiger partial charge in [-0.1, -0.05) is 0 Å². The number of sulfonamides is 1. The van der Waals surface area contributed by atoms with Crippen LogP contribution in [0.15, 0.2) is 0 Å². The molecule has 9 heteroatoms. The Kier molecular flexibility index (Phi) is 6.22. The molecule has 138 valence electrons. The Morgan fingerprint density at radius 1 is 1.25 bits per heavy atom. The van der Waals surface area contributed by atoms with Crippen molar-refractivity contribution in [3.8, 4) is 0 Å². The lowest BCUT2D eigenvalue weighted by Crippen LogP contribution is -2.57. The van der Waals surface area contributed by atoms with Gasteiger partial charge in [-0.15, -0.1) is 0 Å². The van der Waals surface area contributed by atoms with Gasteiger partial charge in [0, 0.05) is 45.6 Å². The molecule has 1 N–H and O–H groups in total. The zero-order valence-electron chi connectivity index (χ0n) is 13.9. The summed E-state index contributed by atoms with van der Waals surface area (Å²) in [7, 11) is -2.60. The number of ether oxygens (including phenoxy) is 2. The van der Waals surface area contributed by atoms with Gasteiger partial charge < -0.3 is 14.6 Å². The average molecular weight is 363 g/mol. The first-order valence-corrected chi connectivity index (χ1v) is 9.65. The minimum Gasteiger partial charge on any atom is -0.480 e. The summed E-state index contributed by atoms with van der Waals surface area (Å²) in [4.78, 5) is 22.9. The predicted octanol–water partition coefficient (Wildman–Crippen LogP) is 0.615. The molecule has 0 aliphatic carbocycles. The topological polar surface area (TPSA) is 110 Å². The van der Waals surface area contributed by atoms with Crippen molar-refractivity contribution in [2.75, 3.05) is 33.4 Å². The molecule has 0 atom stereocenters. The third-order valence-electron chi connectivity index (χ3n) is 5.08. The number of aliphatic carboxylic acids is 1. The van der Waals surface area contributed by atoms with Crippen LogP contribution in [0.1, 0.15) is 38.5 Å². The van der Waals surface area contributed by atoms with Crippen LogP contribution in [0.25, 0.3) is 0 Å². The van der Waals surface area contributed by atoms with Crippen molar-refractivity contribution in [3.63, 3.8) is 0 Å². The van der Waals surface area contributed by atoms with Crippen LogP contribution in [0.3, 0.4) is 0 Å². The fourth-order valence-electron chi connectivity index (χ4n) is 3.39. The number of carbonyl (C=O) groups excluding carboxylic acids is 1. The molecule has 0 aromatic carbocycles. The zero-order valence-corrected chi connectivity index (χ0v) is 14.7. The smallest absolute Gasteiger partial charge is 0.326 e. The molecule has 0 bridgehead atoms. The minimum atomic E-state index is -3.94. The molecule has 0 spiro atoms. The number of carboxylic acids is 1. The Labute approximate surface area is 142 Å². The Balaban J connectivity index is 2.01. The van der Waals surface area contributed by atoms with Crippen molar-refractivity contribution in [1.82, 2.24) is 4.31 Å². The molecule has 8 nitrogen and oxygen atoms in total. The van der Waals surface area contributed by atoms with E-state index in [1.54, 1.807) is 0 Å². The molecular weight excluding hydrogens is 338 g/mol. The summed E-state index contributed by atoms with van der Waals surface area (Å²) >= 11 is 0. The molecule has 0 saturated carbocycles. The van der Waals surface area contributed by atoms with Crippen molar-refractivity contribution in [1.29, 1.82) is 0 Å². The summed E-state index contributed by atoms with van der Waals surface area (Å²) < 4.78 is 35.2. The van der Waals surface area contributed by atoms with Gasteiger partial charge in [-0.05, 0) is 25.2 Å². The number of hydrogen-bond donors (Lipinski definition) is 1. The zero-order chi connectivity index (χ0) is 17.8. The fraction of sp³-hybridized carbons (Fsp3) is 0.867. The summed E-state index contributed by atoms with van der Waals surface area (Å²) in [5, 5.41) is 9.57. The molecule has 0 aromatic rings. The molecule has 0 aromatic heterocycles. The Morgan fingerprint density at radius 3 is 2.33 bits per heavy atom. The quantitative estimate of drug-likeness (QED) is 0.689. The number of hydrogen-bond acceptors (Lipinski definition) is 6. The summed E-state index contributed by atoms with van der Waals surface area (Å²) in [6.45, 7) is 0.871. The van der Waals surface area contributed by atoms with E-state index < -0.39 is 20.7 Å². The second-order valence-corrected chi connectivity index (χ2v) is 8.62. The van der Waals surface area contributed by atoms with Crippen molar-refractivity contribution in [3.05, 3.63) is 0 Å². The van der Waals surface area contributed by atoms with E-state index in [1.165, 1.54) is 11.4 Å². The molecule has 0 amide bonds. The highest BCUT2D eigenvalue weighted by Gasteiger charge is 2.54. The van der Waals surface area contributed by atoms with Crippen molar-refractivity contribution in [2.45, 2.75) is 43.3 Å². The van der Waals surface area contributed by atoms with Crippen LogP contribution in [0.5, 0.6) is 0 Å². The minimum absolute atomic E-state index is 0.0209. The van der Waals surface area contributed by atoms with Gasteiger partial charge in [0.25, 0.3) is 0 Å². The molecule has 0 unspecified atom stereocenters. The highest BCUT2D eigenvalue weighted by molar-refractivity contribution is 7.91. The van der Waals surface area contributed by atoms with Gasteiger partial charge >= 0.3 is 11.9 Å². The number of methoxy groups -OCH3 is 1. The maximum atomic E-state index is 12.9. The molecule has 2 rings (SSSR count). The first-order chi connectivity index (χ1) is 11.3. The average Bonchev–Trinajstić information content (AvgIpc) is 2.60. The molecule has 0 radical (unpaired) electrons. The largest absolute Gasteiger partial charge is 0.480 e. The van der Waals surface area contributed by atoms with E-state index in [-0.39, 0.29) is 37.9 Å².